The number of carbonyl (C=O) groups is 1. The second-order valence-electron chi connectivity index (χ2n) is 4.88. The first kappa shape index (κ1) is 14.2. The highest BCUT2D eigenvalue weighted by Crippen LogP contribution is 2.30. The lowest BCUT2D eigenvalue weighted by Gasteiger charge is -2.03. The van der Waals surface area contributed by atoms with Gasteiger partial charge in [-0.2, -0.15) is 0 Å². The van der Waals surface area contributed by atoms with E-state index in [1.165, 1.54) is 16.9 Å². The molecule has 0 spiro atoms. The van der Waals surface area contributed by atoms with Gasteiger partial charge in [0.05, 0.1) is 15.8 Å². The molecule has 0 fully saturated rings. The van der Waals surface area contributed by atoms with Crippen molar-refractivity contribution in [3.63, 3.8) is 0 Å². The lowest BCUT2D eigenvalue weighted by Crippen LogP contribution is -2.12. The van der Waals surface area contributed by atoms with Crippen molar-refractivity contribution in [3.05, 3.63) is 57.6 Å². The molecule has 1 N–H and O–H groups in total. The second-order valence-corrected chi connectivity index (χ2v) is 6.77. The van der Waals surface area contributed by atoms with Crippen molar-refractivity contribution in [1.29, 1.82) is 0 Å². The molecule has 0 aliphatic heterocycles. The molecule has 0 saturated heterocycles. The van der Waals surface area contributed by atoms with Crippen LogP contribution in [-0.4, -0.2) is 10.9 Å². The normalized spacial score (nSPS) is 10.8. The number of nitrogens with zero attached hydrogens (tertiary/aromatic N) is 1. The number of benzene rings is 2. The van der Waals surface area contributed by atoms with Crippen LogP contribution in [-0.2, 0) is 0 Å². The molecule has 21 heavy (non-hydrogen) atoms. The molecule has 106 valence electrons. The fourth-order valence-electron chi connectivity index (χ4n) is 2.23. The highest BCUT2D eigenvalue weighted by molar-refractivity contribution is 9.10. The van der Waals surface area contributed by atoms with E-state index in [9.17, 15) is 4.79 Å². The smallest absolute Gasteiger partial charge is 0.258 e. The monoisotopic (exact) mass is 360 g/mol. The molecule has 1 heterocycles. The van der Waals surface area contributed by atoms with Gasteiger partial charge in [0.2, 0.25) is 0 Å². The summed E-state index contributed by atoms with van der Waals surface area (Å²) in [5.41, 5.74) is 3.88. The van der Waals surface area contributed by atoms with Gasteiger partial charge in [0, 0.05) is 4.47 Å². The van der Waals surface area contributed by atoms with Gasteiger partial charge in [0.1, 0.15) is 0 Å². The summed E-state index contributed by atoms with van der Waals surface area (Å²) in [6.45, 7) is 4.10. The number of anilines is 1. The summed E-state index contributed by atoms with van der Waals surface area (Å²) in [7, 11) is 0. The average molecular weight is 361 g/mol. The third-order valence-electron chi connectivity index (χ3n) is 3.17. The molecule has 0 saturated carbocycles. The van der Waals surface area contributed by atoms with Crippen LogP contribution < -0.4 is 5.32 Å². The Morgan fingerprint density at radius 2 is 2.00 bits per heavy atom. The Kier molecular flexibility index (Phi) is 3.78. The minimum absolute atomic E-state index is 0.157. The Bertz CT molecular complexity index is 841. The van der Waals surface area contributed by atoms with E-state index in [-0.39, 0.29) is 5.91 Å². The zero-order valence-electron chi connectivity index (χ0n) is 11.6. The summed E-state index contributed by atoms with van der Waals surface area (Å²) in [6, 6.07) is 11.5. The first-order valence-electron chi connectivity index (χ1n) is 6.48. The lowest BCUT2D eigenvalue weighted by molar-refractivity contribution is 0.102. The van der Waals surface area contributed by atoms with Crippen LogP contribution in [0.2, 0.25) is 0 Å². The largest absolute Gasteiger partial charge is 0.298 e. The summed E-state index contributed by atoms with van der Waals surface area (Å²) in [6.07, 6.45) is 0. The van der Waals surface area contributed by atoms with Gasteiger partial charge in [-0.1, -0.05) is 29.5 Å². The molecule has 0 atom stereocenters. The molecule has 3 rings (SSSR count). The van der Waals surface area contributed by atoms with Crippen LogP contribution in [0.15, 0.2) is 40.9 Å². The van der Waals surface area contributed by atoms with E-state index in [0.717, 1.165) is 20.3 Å². The predicted octanol–water partition coefficient (Wildman–Crippen LogP) is 4.93. The summed E-state index contributed by atoms with van der Waals surface area (Å²) in [5.74, 6) is -0.157. The fourth-order valence-corrected chi connectivity index (χ4v) is 3.74. The van der Waals surface area contributed by atoms with Gasteiger partial charge < -0.3 is 0 Å². The van der Waals surface area contributed by atoms with E-state index in [1.807, 2.05) is 25.1 Å². The number of fused-ring (bicyclic) bond motifs is 1. The van der Waals surface area contributed by atoms with Crippen molar-refractivity contribution in [2.75, 3.05) is 5.32 Å². The maximum absolute atomic E-state index is 12.3. The van der Waals surface area contributed by atoms with Crippen molar-refractivity contribution in [3.8, 4) is 0 Å². The van der Waals surface area contributed by atoms with Crippen LogP contribution in [0.3, 0.4) is 0 Å². The number of hydrogen-bond donors (Lipinski definition) is 1. The van der Waals surface area contributed by atoms with Gasteiger partial charge >= 0.3 is 0 Å². The lowest BCUT2D eigenvalue weighted by atomic mass is 10.1. The molecule has 1 aromatic heterocycles. The number of aromatic nitrogens is 1. The minimum Gasteiger partial charge on any atom is -0.298 e. The molecule has 1 amide bonds. The number of amides is 1. The van der Waals surface area contributed by atoms with Crippen molar-refractivity contribution in [2.24, 2.45) is 0 Å². The van der Waals surface area contributed by atoms with Crippen molar-refractivity contribution >= 4 is 48.5 Å². The number of rotatable bonds is 2. The number of aryl methyl sites for hydroxylation is 2. The molecule has 0 aliphatic rings. The zero-order chi connectivity index (χ0) is 15.0. The zero-order valence-corrected chi connectivity index (χ0v) is 14.0. The van der Waals surface area contributed by atoms with Crippen molar-refractivity contribution in [1.82, 2.24) is 4.98 Å². The van der Waals surface area contributed by atoms with Gasteiger partial charge in [0.25, 0.3) is 5.91 Å². The van der Waals surface area contributed by atoms with Crippen molar-refractivity contribution < 1.29 is 4.79 Å². The van der Waals surface area contributed by atoms with E-state index >= 15 is 0 Å². The number of nitrogens with one attached hydrogen (secondary N) is 1. The second kappa shape index (κ2) is 5.58. The van der Waals surface area contributed by atoms with E-state index in [2.05, 4.69) is 45.3 Å². The van der Waals surface area contributed by atoms with Crippen LogP contribution >= 0.6 is 27.3 Å². The van der Waals surface area contributed by atoms with Gasteiger partial charge in [-0.05, 0) is 59.1 Å². The van der Waals surface area contributed by atoms with Crippen LogP contribution in [0.1, 0.15) is 21.5 Å². The van der Waals surface area contributed by atoms with E-state index in [1.54, 1.807) is 6.07 Å². The van der Waals surface area contributed by atoms with Crippen LogP contribution in [0.5, 0.6) is 0 Å². The minimum atomic E-state index is -0.157. The topological polar surface area (TPSA) is 42.0 Å². The molecule has 2 aromatic carbocycles. The maximum Gasteiger partial charge on any atom is 0.258 e. The summed E-state index contributed by atoms with van der Waals surface area (Å²) < 4.78 is 1.87. The molecular weight excluding hydrogens is 348 g/mol. The Hall–Kier alpha value is -1.72. The number of halogens is 1. The standard InChI is InChI=1S/C16H13BrN2OS/c1-9-7-10(2)14-13(8-9)21-16(18-14)19-15(20)11-5-3-4-6-12(11)17/h3-8H,1-2H3,(H,18,19,20). The van der Waals surface area contributed by atoms with E-state index < -0.39 is 0 Å². The molecule has 0 unspecified atom stereocenters. The number of carbonyl (C=O) groups excluding carboxylic acids is 1. The SMILES string of the molecule is Cc1cc(C)c2nc(NC(=O)c3ccccc3Br)sc2c1. The Labute approximate surface area is 135 Å². The molecule has 5 heteroatoms. The number of thiazole rings is 1. The summed E-state index contributed by atoms with van der Waals surface area (Å²) >= 11 is 4.88. The first-order chi connectivity index (χ1) is 10.0. The predicted molar refractivity (Wildman–Crippen MR) is 91.2 cm³/mol. The average Bonchev–Trinajstić information content (AvgIpc) is 2.81. The Balaban J connectivity index is 1.94. The summed E-state index contributed by atoms with van der Waals surface area (Å²) in [4.78, 5) is 16.8. The number of hydrogen-bond acceptors (Lipinski definition) is 3. The Morgan fingerprint density at radius 3 is 2.76 bits per heavy atom. The quantitative estimate of drug-likeness (QED) is 0.703. The van der Waals surface area contributed by atoms with Gasteiger partial charge in [-0.25, -0.2) is 4.98 Å². The van der Waals surface area contributed by atoms with E-state index in [4.69, 9.17) is 0 Å². The molecule has 3 nitrogen and oxygen atoms in total. The first-order valence-corrected chi connectivity index (χ1v) is 8.09. The maximum atomic E-state index is 12.3. The Morgan fingerprint density at radius 1 is 1.24 bits per heavy atom. The van der Waals surface area contributed by atoms with Crippen LogP contribution in [0.25, 0.3) is 10.2 Å². The molecule has 0 aliphatic carbocycles. The van der Waals surface area contributed by atoms with Gasteiger partial charge in [-0.3, -0.25) is 10.1 Å². The van der Waals surface area contributed by atoms with Crippen LogP contribution in [0.4, 0.5) is 5.13 Å². The van der Waals surface area contributed by atoms with Crippen molar-refractivity contribution in [2.45, 2.75) is 13.8 Å². The highest BCUT2D eigenvalue weighted by atomic mass is 79.9. The fraction of sp³-hybridized carbons (Fsp3) is 0.125. The molecule has 0 radical (unpaired) electrons. The van der Waals surface area contributed by atoms with E-state index in [0.29, 0.717) is 10.7 Å². The molecule has 0 bridgehead atoms. The molecular formula is C16H13BrN2OS. The molecule has 3 aromatic rings. The van der Waals surface area contributed by atoms with Gasteiger partial charge in [0.15, 0.2) is 5.13 Å². The summed E-state index contributed by atoms with van der Waals surface area (Å²) in [5, 5.41) is 3.50. The van der Waals surface area contributed by atoms with Gasteiger partial charge in [-0.15, -0.1) is 0 Å². The third kappa shape index (κ3) is 2.84. The third-order valence-corrected chi connectivity index (χ3v) is 4.78. The van der Waals surface area contributed by atoms with Crippen LogP contribution in [0, 0.1) is 13.8 Å². The highest BCUT2D eigenvalue weighted by Gasteiger charge is 2.13.